The Labute approximate surface area is 203 Å². The van der Waals surface area contributed by atoms with Gasteiger partial charge in [-0.2, -0.15) is 5.10 Å². The van der Waals surface area contributed by atoms with E-state index >= 15 is 0 Å². The molecule has 2 heterocycles. The summed E-state index contributed by atoms with van der Waals surface area (Å²) in [5, 5.41) is 6.81. The molecule has 35 heavy (non-hydrogen) atoms. The molecule has 2 amide bonds. The van der Waals surface area contributed by atoms with Crippen molar-refractivity contribution in [1.82, 2.24) is 20.0 Å². The van der Waals surface area contributed by atoms with E-state index in [4.69, 9.17) is 0 Å². The van der Waals surface area contributed by atoms with E-state index in [0.29, 0.717) is 6.42 Å². The van der Waals surface area contributed by atoms with Crippen LogP contribution in [0.15, 0.2) is 23.0 Å². The summed E-state index contributed by atoms with van der Waals surface area (Å²) < 4.78 is 14.7. The first kappa shape index (κ1) is 24.8. The van der Waals surface area contributed by atoms with E-state index in [9.17, 15) is 23.6 Å². The van der Waals surface area contributed by atoms with Gasteiger partial charge in [0, 0.05) is 43.6 Å². The Bertz CT molecular complexity index is 1220. The molecule has 0 radical (unpaired) electrons. The van der Waals surface area contributed by atoms with Gasteiger partial charge in [0.2, 0.25) is 5.78 Å². The van der Waals surface area contributed by atoms with E-state index in [1.165, 1.54) is 15.9 Å². The van der Waals surface area contributed by atoms with Crippen LogP contribution in [0.25, 0.3) is 0 Å². The zero-order valence-corrected chi connectivity index (χ0v) is 20.4. The fraction of sp³-hybridized carbons (Fsp3) is 0.500. The summed E-state index contributed by atoms with van der Waals surface area (Å²) in [7, 11) is 0. The monoisotopic (exact) mass is 482 g/mol. The molecule has 186 valence electrons. The van der Waals surface area contributed by atoms with Gasteiger partial charge in [0.05, 0.1) is 11.3 Å². The number of carbonyl (C=O) groups is 3. The zero-order chi connectivity index (χ0) is 25.3. The van der Waals surface area contributed by atoms with Gasteiger partial charge < -0.3 is 9.80 Å². The first-order chi connectivity index (χ1) is 16.7. The van der Waals surface area contributed by atoms with Gasteiger partial charge in [0.25, 0.3) is 17.4 Å². The zero-order valence-electron chi connectivity index (χ0n) is 20.4. The number of halogens is 1. The topological polar surface area (TPSA) is 103 Å². The standard InChI is InChI=1S/C26H31FN4O4/c1-15(2)23(32)26(35)31-11-10-30(14-16(31)3)25(34)20-12-17(8-9-21(20)27)13-22-18-6-4-5-7-19(18)24(33)29-28-22/h8-9,12,15-16H,4-7,10-11,13-14H2,1-3H3,(H,29,33)/t16-/m0/s1. The van der Waals surface area contributed by atoms with Crippen molar-refractivity contribution < 1.29 is 18.8 Å². The molecule has 0 spiro atoms. The third-order valence-corrected chi connectivity index (χ3v) is 6.93. The lowest BCUT2D eigenvalue weighted by molar-refractivity contribution is -0.148. The number of aromatic nitrogens is 2. The van der Waals surface area contributed by atoms with Crippen molar-refractivity contribution in [3.8, 4) is 0 Å². The van der Waals surface area contributed by atoms with E-state index < -0.39 is 29.3 Å². The number of piperazine rings is 1. The van der Waals surface area contributed by atoms with E-state index in [2.05, 4.69) is 10.2 Å². The molecule has 1 aliphatic heterocycles. The number of Topliss-reactive ketones (excluding diaryl/α,β-unsaturated/α-hetero) is 1. The van der Waals surface area contributed by atoms with Crippen LogP contribution in [-0.2, 0) is 28.9 Å². The van der Waals surface area contributed by atoms with Crippen LogP contribution in [0.3, 0.4) is 0 Å². The van der Waals surface area contributed by atoms with Crippen molar-refractivity contribution in [2.24, 2.45) is 5.92 Å². The average Bonchev–Trinajstić information content (AvgIpc) is 2.85. The highest BCUT2D eigenvalue weighted by Gasteiger charge is 2.34. The van der Waals surface area contributed by atoms with Crippen molar-refractivity contribution in [3.63, 3.8) is 0 Å². The van der Waals surface area contributed by atoms with Crippen LogP contribution in [0, 0.1) is 11.7 Å². The minimum absolute atomic E-state index is 0.0361. The van der Waals surface area contributed by atoms with Crippen molar-refractivity contribution in [2.45, 2.75) is 58.9 Å². The van der Waals surface area contributed by atoms with Crippen molar-refractivity contribution in [2.75, 3.05) is 19.6 Å². The average molecular weight is 483 g/mol. The van der Waals surface area contributed by atoms with Crippen LogP contribution in [0.5, 0.6) is 0 Å². The number of carbonyl (C=O) groups excluding carboxylic acids is 3. The highest BCUT2D eigenvalue weighted by atomic mass is 19.1. The molecule has 1 saturated heterocycles. The molecule has 2 aliphatic rings. The van der Waals surface area contributed by atoms with Gasteiger partial charge in [-0.1, -0.05) is 19.9 Å². The molecule has 1 aromatic carbocycles. The number of ketones is 1. The van der Waals surface area contributed by atoms with Gasteiger partial charge in [0.15, 0.2) is 0 Å². The summed E-state index contributed by atoms with van der Waals surface area (Å²) in [6.45, 7) is 5.80. The Morgan fingerprint density at radius 3 is 2.54 bits per heavy atom. The maximum absolute atomic E-state index is 14.7. The second-order valence-electron chi connectivity index (χ2n) is 9.77. The Hall–Kier alpha value is -3.36. The van der Waals surface area contributed by atoms with E-state index in [-0.39, 0.29) is 36.8 Å². The molecule has 1 fully saturated rings. The highest BCUT2D eigenvalue weighted by Crippen LogP contribution is 2.24. The molecule has 1 N–H and O–H groups in total. The lowest BCUT2D eigenvalue weighted by atomic mass is 9.90. The summed E-state index contributed by atoms with van der Waals surface area (Å²) in [4.78, 5) is 53.0. The number of amides is 2. The summed E-state index contributed by atoms with van der Waals surface area (Å²) in [5.41, 5.74) is 3.03. The Morgan fingerprint density at radius 1 is 1.14 bits per heavy atom. The molecule has 9 heteroatoms. The van der Waals surface area contributed by atoms with Gasteiger partial charge in [0.1, 0.15) is 5.82 Å². The Morgan fingerprint density at radius 2 is 1.86 bits per heavy atom. The predicted molar refractivity (Wildman–Crippen MR) is 128 cm³/mol. The lowest BCUT2D eigenvalue weighted by Gasteiger charge is -2.39. The van der Waals surface area contributed by atoms with Crippen LogP contribution >= 0.6 is 0 Å². The minimum atomic E-state index is -0.614. The van der Waals surface area contributed by atoms with Gasteiger partial charge in [-0.25, -0.2) is 9.49 Å². The lowest BCUT2D eigenvalue weighted by Crippen LogP contribution is -2.57. The van der Waals surface area contributed by atoms with Crippen LogP contribution < -0.4 is 5.56 Å². The summed E-state index contributed by atoms with van der Waals surface area (Å²) in [6, 6.07) is 4.10. The summed E-state index contributed by atoms with van der Waals surface area (Å²) in [5.74, 6) is -2.45. The van der Waals surface area contributed by atoms with Crippen LogP contribution in [0.4, 0.5) is 4.39 Å². The quantitative estimate of drug-likeness (QED) is 0.659. The third kappa shape index (κ3) is 5.04. The van der Waals surface area contributed by atoms with Crippen molar-refractivity contribution in [3.05, 3.63) is 62.3 Å². The predicted octanol–water partition coefficient (Wildman–Crippen LogP) is 2.28. The van der Waals surface area contributed by atoms with Crippen molar-refractivity contribution >= 4 is 17.6 Å². The van der Waals surface area contributed by atoms with Gasteiger partial charge in [-0.15, -0.1) is 0 Å². The molecule has 0 bridgehead atoms. The fourth-order valence-corrected chi connectivity index (χ4v) is 4.92. The Balaban J connectivity index is 1.51. The smallest absolute Gasteiger partial charge is 0.290 e. The Kier molecular flexibility index (Phi) is 7.14. The van der Waals surface area contributed by atoms with Crippen LogP contribution in [0.1, 0.15) is 66.4 Å². The summed E-state index contributed by atoms with van der Waals surface area (Å²) in [6.07, 6.45) is 3.86. The molecule has 4 rings (SSSR count). The second kappa shape index (κ2) is 10.1. The van der Waals surface area contributed by atoms with E-state index in [0.717, 1.165) is 48.1 Å². The van der Waals surface area contributed by atoms with Gasteiger partial charge in [-0.05, 0) is 55.9 Å². The normalized spacial score (nSPS) is 17.9. The number of aromatic amines is 1. The van der Waals surface area contributed by atoms with Gasteiger partial charge >= 0.3 is 0 Å². The van der Waals surface area contributed by atoms with Crippen molar-refractivity contribution in [1.29, 1.82) is 0 Å². The molecular formula is C26H31FN4O4. The maximum atomic E-state index is 14.7. The fourth-order valence-electron chi connectivity index (χ4n) is 4.92. The molecule has 0 saturated carbocycles. The molecular weight excluding hydrogens is 451 g/mol. The SMILES string of the molecule is CC(C)C(=O)C(=O)N1CCN(C(=O)c2cc(Cc3n[nH]c(=O)c4c3CCCC4)ccc2F)C[C@@H]1C. The molecule has 8 nitrogen and oxygen atoms in total. The number of hydrogen-bond donors (Lipinski definition) is 1. The molecule has 1 atom stereocenters. The number of benzene rings is 1. The third-order valence-electron chi connectivity index (χ3n) is 6.93. The number of nitrogens with zero attached hydrogens (tertiary/aromatic N) is 3. The van der Waals surface area contributed by atoms with E-state index in [1.54, 1.807) is 32.9 Å². The number of nitrogens with one attached hydrogen (secondary N) is 1. The molecule has 0 unspecified atom stereocenters. The molecule has 2 aromatic rings. The van der Waals surface area contributed by atoms with Gasteiger partial charge in [-0.3, -0.25) is 19.2 Å². The number of hydrogen-bond acceptors (Lipinski definition) is 5. The first-order valence-electron chi connectivity index (χ1n) is 12.2. The van der Waals surface area contributed by atoms with E-state index in [1.807, 2.05) is 0 Å². The first-order valence-corrected chi connectivity index (χ1v) is 12.2. The molecule has 1 aliphatic carbocycles. The number of rotatable bonds is 5. The molecule has 1 aromatic heterocycles. The highest BCUT2D eigenvalue weighted by molar-refractivity contribution is 6.36. The minimum Gasteiger partial charge on any atom is -0.335 e. The van der Waals surface area contributed by atoms with Crippen LogP contribution in [0.2, 0.25) is 0 Å². The second-order valence-corrected chi connectivity index (χ2v) is 9.77. The summed E-state index contributed by atoms with van der Waals surface area (Å²) >= 11 is 0. The largest absolute Gasteiger partial charge is 0.335 e. The number of H-pyrrole nitrogens is 1. The van der Waals surface area contributed by atoms with Crippen LogP contribution in [-0.4, -0.2) is 63.3 Å². The maximum Gasteiger partial charge on any atom is 0.290 e. The number of fused-ring (bicyclic) bond motifs is 1.